The second kappa shape index (κ2) is 13.0. The topological polar surface area (TPSA) is 190 Å². The second-order valence-electron chi connectivity index (χ2n) is 8.56. The lowest BCUT2D eigenvalue weighted by molar-refractivity contribution is -0.310. The maximum absolute atomic E-state index is 11.5. The Bertz CT molecular complexity index is 636. The van der Waals surface area contributed by atoms with Crippen LogP contribution < -0.4 is 10.6 Å². The largest absolute Gasteiger partial charge is 0.394 e. The molecular formula is C21H38N2O10. The van der Waals surface area contributed by atoms with Crippen molar-refractivity contribution in [2.75, 3.05) is 32.8 Å². The number of aliphatic hydroxyl groups excluding tert-OH is 6. The van der Waals surface area contributed by atoms with Crippen molar-refractivity contribution < 1.29 is 49.6 Å². The lowest BCUT2D eigenvalue weighted by atomic mass is 9.87. The van der Waals surface area contributed by atoms with Crippen LogP contribution in [-0.2, 0) is 19.0 Å². The van der Waals surface area contributed by atoms with Crippen molar-refractivity contribution in [2.45, 2.75) is 69.5 Å². The van der Waals surface area contributed by atoms with Gasteiger partial charge in [0.25, 0.3) is 0 Å². The van der Waals surface area contributed by atoms with Gasteiger partial charge in [-0.3, -0.25) is 4.79 Å². The molecule has 192 valence electrons. The van der Waals surface area contributed by atoms with E-state index in [1.165, 1.54) is 0 Å². The van der Waals surface area contributed by atoms with Crippen LogP contribution in [0.2, 0.25) is 0 Å². The molecule has 0 aromatic rings. The Morgan fingerprint density at radius 1 is 0.970 bits per heavy atom. The zero-order valence-electron chi connectivity index (χ0n) is 19.0. The highest BCUT2D eigenvalue weighted by atomic mass is 16.7. The SMILES string of the molecule is C=C(C)C(=O)NCCNC[C@H]1O[C@H](O)[C@H](O)[C@@H](O)[C@@H]1COC1O[C@H](CO)[C@@H](CC)[C@H](O)[C@H]1O. The van der Waals surface area contributed by atoms with Gasteiger partial charge in [-0.1, -0.05) is 13.5 Å². The molecule has 2 aliphatic heterocycles. The number of hydrogen-bond donors (Lipinski definition) is 8. The Labute approximate surface area is 193 Å². The minimum atomic E-state index is -1.60. The third kappa shape index (κ3) is 7.15. The molecule has 2 saturated heterocycles. The number of nitrogens with one attached hydrogen (secondary N) is 2. The fourth-order valence-corrected chi connectivity index (χ4v) is 4.08. The van der Waals surface area contributed by atoms with Gasteiger partial charge in [-0.2, -0.15) is 0 Å². The first-order valence-electron chi connectivity index (χ1n) is 11.2. The number of aliphatic hydroxyl groups is 6. The summed E-state index contributed by atoms with van der Waals surface area (Å²) in [6.07, 6.45) is -9.40. The van der Waals surface area contributed by atoms with Crippen molar-refractivity contribution in [3.05, 3.63) is 12.2 Å². The van der Waals surface area contributed by atoms with Gasteiger partial charge in [-0.25, -0.2) is 0 Å². The van der Waals surface area contributed by atoms with Crippen molar-refractivity contribution in [3.8, 4) is 0 Å². The molecule has 0 spiro atoms. The molecule has 0 radical (unpaired) electrons. The Morgan fingerprint density at radius 3 is 2.24 bits per heavy atom. The highest BCUT2D eigenvalue weighted by Crippen LogP contribution is 2.31. The summed E-state index contributed by atoms with van der Waals surface area (Å²) in [7, 11) is 0. The molecule has 1 unspecified atom stereocenters. The Balaban J connectivity index is 1.94. The summed E-state index contributed by atoms with van der Waals surface area (Å²) in [6.45, 7) is 7.19. The van der Waals surface area contributed by atoms with E-state index in [2.05, 4.69) is 17.2 Å². The fourth-order valence-electron chi connectivity index (χ4n) is 4.08. The molecule has 0 aromatic heterocycles. The molecule has 1 amide bonds. The van der Waals surface area contributed by atoms with E-state index in [4.69, 9.17) is 14.2 Å². The third-order valence-corrected chi connectivity index (χ3v) is 6.15. The van der Waals surface area contributed by atoms with Crippen LogP contribution in [-0.4, -0.2) is 119 Å². The number of carbonyl (C=O) groups excluding carboxylic acids is 1. The van der Waals surface area contributed by atoms with Crippen LogP contribution in [0.5, 0.6) is 0 Å². The molecule has 2 heterocycles. The molecular weight excluding hydrogens is 440 g/mol. The molecule has 12 heteroatoms. The molecule has 0 aliphatic carbocycles. The van der Waals surface area contributed by atoms with E-state index in [1.807, 2.05) is 0 Å². The highest BCUT2D eigenvalue weighted by molar-refractivity contribution is 5.92. The quantitative estimate of drug-likeness (QED) is 0.110. The van der Waals surface area contributed by atoms with E-state index >= 15 is 0 Å². The predicted molar refractivity (Wildman–Crippen MR) is 115 cm³/mol. The van der Waals surface area contributed by atoms with Gasteiger partial charge in [0.15, 0.2) is 12.6 Å². The van der Waals surface area contributed by atoms with E-state index in [1.54, 1.807) is 13.8 Å². The molecule has 2 aliphatic rings. The van der Waals surface area contributed by atoms with Gasteiger partial charge in [-0.05, 0) is 13.3 Å². The summed E-state index contributed by atoms with van der Waals surface area (Å²) in [5.41, 5.74) is 0.383. The van der Waals surface area contributed by atoms with Gasteiger partial charge in [0.2, 0.25) is 5.91 Å². The minimum Gasteiger partial charge on any atom is -0.394 e. The molecule has 33 heavy (non-hydrogen) atoms. The van der Waals surface area contributed by atoms with Crippen molar-refractivity contribution >= 4 is 5.91 Å². The Kier molecular flexibility index (Phi) is 11.1. The van der Waals surface area contributed by atoms with Crippen LogP contribution in [0.1, 0.15) is 20.3 Å². The van der Waals surface area contributed by atoms with Crippen LogP contribution in [0, 0.1) is 11.8 Å². The minimum absolute atomic E-state index is 0.158. The van der Waals surface area contributed by atoms with Crippen LogP contribution >= 0.6 is 0 Å². The van der Waals surface area contributed by atoms with Crippen molar-refractivity contribution in [1.29, 1.82) is 0 Å². The van der Waals surface area contributed by atoms with Crippen molar-refractivity contribution in [3.63, 3.8) is 0 Å². The van der Waals surface area contributed by atoms with Gasteiger partial charge < -0.3 is 55.5 Å². The summed E-state index contributed by atoms with van der Waals surface area (Å²) in [5, 5.41) is 66.4. The van der Waals surface area contributed by atoms with Gasteiger partial charge in [-0.15, -0.1) is 0 Å². The molecule has 10 atom stereocenters. The lowest BCUT2D eigenvalue weighted by Gasteiger charge is -2.44. The van der Waals surface area contributed by atoms with E-state index in [-0.39, 0.29) is 25.7 Å². The summed E-state index contributed by atoms with van der Waals surface area (Å²) < 4.78 is 16.7. The smallest absolute Gasteiger partial charge is 0.246 e. The average molecular weight is 479 g/mol. The summed E-state index contributed by atoms with van der Waals surface area (Å²) in [6, 6.07) is 0. The van der Waals surface area contributed by atoms with E-state index in [9.17, 15) is 35.4 Å². The number of ether oxygens (including phenoxy) is 3. The standard InChI is InChI=1S/C21H38N2O10/c1-4-11-14(8-24)33-21(18(28)15(11)25)31-9-12-13(32-20(30)17(27)16(12)26)7-22-5-6-23-19(29)10(2)3/h11-18,20-22,24-28,30H,2,4-9H2,1,3H3,(H,23,29)/t11-,12-,13-,14-,15+,16+,17-,18-,20+,21?/m1/s1. The molecule has 0 aromatic carbocycles. The van der Waals surface area contributed by atoms with E-state index in [0.717, 1.165) is 0 Å². The molecule has 0 saturated carbocycles. The average Bonchev–Trinajstić information content (AvgIpc) is 2.79. The molecule has 12 nitrogen and oxygen atoms in total. The number of rotatable bonds is 11. The highest BCUT2D eigenvalue weighted by Gasteiger charge is 2.47. The lowest BCUT2D eigenvalue weighted by Crippen LogP contribution is -2.60. The molecule has 8 N–H and O–H groups in total. The zero-order chi connectivity index (χ0) is 24.7. The third-order valence-electron chi connectivity index (χ3n) is 6.15. The maximum atomic E-state index is 11.5. The predicted octanol–water partition coefficient (Wildman–Crippen LogP) is -3.19. The van der Waals surface area contributed by atoms with Crippen LogP contribution in [0.15, 0.2) is 12.2 Å². The van der Waals surface area contributed by atoms with Gasteiger partial charge in [0.05, 0.1) is 37.6 Å². The first-order valence-corrected chi connectivity index (χ1v) is 11.2. The van der Waals surface area contributed by atoms with Crippen molar-refractivity contribution in [2.24, 2.45) is 11.8 Å². The monoisotopic (exact) mass is 478 g/mol. The summed E-state index contributed by atoms with van der Waals surface area (Å²) in [4.78, 5) is 11.5. The Morgan fingerprint density at radius 2 is 1.64 bits per heavy atom. The van der Waals surface area contributed by atoms with E-state index in [0.29, 0.717) is 25.1 Å². The Hall–Kier alpha value is -1.19. The van der Waals surface area contributed by atoms with E-state index < -0.39 is 61.0 Å². The summed E-state index contributed by atoms with van der Waals surface area (Å²) in [5.74, 6) is -1.55. The van der Waals surface area contributed by atoms with Crippen LogP contribution in [0.4, 0.5) is 0 Å². The van der Waals surface area contributed by atoms with Crippen molar-refractivity contribution in [1.82, 2.24) is 10.6 Å². The maximum Gasteiger partial charge on any atom is 0.246 e. The van der Waals surface area contributed by atoms with Gasteiger partial charge in [0, 0.05) is 37.0 Å². The number of hydrogen-bond acceptors (Lipinski definition) is 11. The number of carbonyl (C=O) groups is 1. The normalized spacial score (nSPS) is 39.3. The van der Waals surface area contributed by atoms with Gasteiger partial charge >= 0.3 is 0 Å². The summed E-state index contributed by atoms with van der Waals surface area (Å²) >= 11 is 0. The first-order chi connectivity index (χ1) is 15.6. The van der Waals surface area contributed by atoms with Crippen LogP contribution in [0.3, 0.4) is 0 Å². The van der Waals surface area contributed by atoms with Crippen LogP contribution in [0.25, 0.3) is 0 Å². The number of amides is 1. The molecule has 2 rings (SSSR count). The molecule has 0 bridgehead atoms. The molecule has 2 fully saturated rings. The fraction of sp³-hybridized carbons (Fsp3) is 0.857. The first kappa shape index (κ1) is 28.1. The van der Waals surface area contributed by atoms with Gasteiger partial charge in [0.1, 0.15) is 12.2 Å². The second-order valence-corrected chi connectivity index (χ2v) is 8.56. The zero-order valence-corrected chi connectivity index (χ0v) is 19.0.